The van der Waals surface area contributed by atoms with Crippen LogP contribution in [0.4, 0.5) is 0 Å². The molecule has 0 aliphatic carbocycles. The van der Waals surface area contributed by atoms with Gasteiger partial charge in [-0.2, -0.15) is 5.10 Å². The molecule has 1 aliphatic rings. The maximum Gasteiger partial charge on any atom is 0.274 e. The van der Waals surface area contributed by atoms with E-state index >= 15 is 0 Å². The molecule has 7 nitrogen and oxygen atoms in total. The number of likely N-dealkylation sites (N-methyl/N-ethyl adjacent to an activating group) is 1. The predicted octanol–water partition coefficient (Wildman–Crippen LogP) is 4.15. The summed E-state index contributed by atoms with van der Waals surface area (Å²) in [7, 11) is 5.35. The van der Waals surface area contributed by atoms with Crippen molar-refractivity contribution in [2.24, 2.45) is 13.0 Å². The van der Waals surface area contributed by atoms with E-state index < -0.39 is 0 Å². The van der Waals surface area contributed by atoms with Gasteiger partial charge in [0.05, 0.1) is 13.0 Å². The molecule has 2 atom stereocenters. The van der Waals surface area contributed by atoms with Crippen LogP contribution in [-0.4, -0.2) is 64.7 Å². The molecule has 1 aliphatic heterocycles. The molecule has 0 radical (unpaired) electrons. The molecule has 4 rings (SSSR count). The highest BCUT2D eigenvalue weighted by Crippen LogP contribution is 2.30. The van der Waals surface area contributed by atoms with Crippen molar-refractivity contribution in [3.05, 3.63) is 83.7 Å². The summed E-state index contributed by atoms with van der Waals surface area (Å²) < 4.78 is 7.07. The van der Waals surface area contributed by atoms with Gasteiger partial charge in [0, 0.05) is 39.4 Å². The highest BCUT2D eigenvalue weighted by Gasteiger charge is 2.34. The summed E-state index contributed by atoms with van der Waals surface area (Å²) in [6.45, 7) is 3.37. The molecule has 2 heterocycles. The first kappa shape index (κ1) is 25.5. The summed E-state index contributed by atoms with van der Waals surface area (Å²) in [5, 5.41) is 4.33. The predicted molar refractivity (Wildman–Crippen MR) is 140 cm³/mol. The summed E-state index contributed by atoms with van der Waals surface area (Å²) in [5.74, 6) is 0.996. The Balaban J connectivity index is 1.49. The molecule has 2 amide bonds. The van der Waals surface area contributed by atoms with Crippen molar-refractivity contribution in [2.45, 2.75) is 38.1 Å². The van der Waals surface area contributed by atoms with Gasteiger partial charge in [-0.15, -0.1) is 0 Å². The van der Waals surface area contributed by atoms with Gasteiger partial charge in [0.15, 0.2) is 0 Å². The molecule has 0 spiro atoms. The van der Waals surface area contributed by atoms with Gasteiger partial charge in [-0.25, -0.2) is 0 Å². The second kappa shape index (κ2) is 11.4. The van der Waals surface area contributed by atoms with E-state index in [0.717, 1.165) is 29.7 Å². The maximum absolute atomic E-state index is 13.3. The number of likely N-dealkylation sites (tertiary alicyclic amines) is 1. The molecule has 0 N–H and O–H groups in total. The Morgan fingerprint density at radius 3 is 2.44 bits per heavy atom. The van der Waals surface area contributed by atoms with E-state index in [1.807, 2.05) is 79.3 Å². The summed E-state index contributed by atoms with van der Waals surface area (Å²) in [4.78, 5) is 30.4. The molecule has 0 unspecified atom stereocenters. The maximum atomic E-state index is 13.3. The van der Waals surface area contributed by atoms with Crippen LogP contribution in [0.25, 0.3) is 0 Å². The lowest BCUT2D eigenvalue weighted by molar-refractivity contribution is -0.134. The number of amides is 2. The Morgan fingerprint density at radius 1 is 1.08 bits per heavy atom. The number of methoxy groups -OCH3 is 1. The van der Waals surface area contributed by atoms with Crippen molar-refractivity contribution < 1.29 is 14.3 Å². The molecule has 190 valence electrons. The van der Waals surface area contributed by atoms with E-state index in [0.29, 0.717) is 25.2 Å². The minimum Gasteiger partial charge on any atom is -0.497 e. The van der Waals surface area contributed by atoms with E-state index in [2.05, 4.69) is 11.2 Å². The summed E-state index contributed by atoms with van der Waals surface area (Å²) in [6, 6.07) is 19.7. The van der Waals surface area contributed by atoms with Crippen molar-refractivity contribution >= 4 is 11.8 Å². The third kappa shape index (κ3) is 5.78. The molecule has 1 saturated heterocycles. The lowest BCUT2D eigenvalue weighted by atomic mass is 9.84. The van der Waals surface area contributed by atoms with Crippen LogP contribution in [-0.2, 0) is 18.3 Å². The van der Waals surface area contributed by atoms with Crippen molar-refractivity contribution in [1.29, 1.82) is 0 Å². The molecule has 36 heavy (non-hydrogen) atoms. The largest absolute Gasteiger partial charge is 0.497 e. The molecule has 0 bridgehead atoms. The van der Waals surface area contributed by atoms with Gasteiger partial charge in [0.2, 0.25) is 5.91 Å². The number of piperidine rings is 1. The molecular formula is C29H36N4O3. The van der Waals surface area contributed by atoms with Crippen molar-refractivity contribution in [1.82, 2.24) is 19.6 Å². The van der Waals surface area contributed by atoms with E-state index in [9.17, 15) is 9.59 Å². The topological polar surface area (TPSA) is 67.7 Å². The number of nitrogens with zero attached hydrogens (tertiary/aromatic N) is 4. The minimum absolute atomic E-state index is 0.0181. The van der Waals surface area contributed by atoms with Gasteiger partial charge in [-0.05, 0) is 61.4 Å². The van der Waals surface area contributed by atoms with Gasteiger partial charge in [-0.3, -0.25) is 14.3 Å². The Morgan fingerprint density at radius 2 is 1.81 bits per heavy atom. The normalized spacial score (nSPS) is 15.8. The Hall–Kier alpha value is -3.61. The lowest BCUT2D eigenvalue weighted by Crippen LogP contribution is -2.49. The average Bonchev–Trinajstić information content (AvgIpc) is 3.37. The number of aromatic nitrogens is 2. The van der Waals surface area contributed by atoms with Crippen LogP contribution in [0.2, 0.25) is 0 Å². The summed E-state index contributed by atoms with van der Waals surface area (Å²) in [5.41, 5.74) is 2.61. The number of benzene rings is 2. The SMILES string of the molecule is COc1cccc(C[C@@H](C2CCN(C(=O)[C@H](C)c3ccccc3)CC2)N(C)C(=O)c2ccn(C)n2)c1. The van der Waals surface area contributed by atoms with E-state index in [4.69, 9.17) is 4.74 Å². The van der Waals surface area contributed by atoms with Crippen LogP contribution in [0.15, 0.2) is 66.9 Å². The zero-order chi connectivity index (χ0) is 25.7. The zero-order valence-corrected chi connectivity index (χ0v) is 21.6. The van der Waals surface area contributed by atoms with Crippen LogP contribution < -0.4 is 4.74 Å². The average molecular weight is 489 g/mol. The third-order valence-electron chi connectivity index (χ3n) is 7.39. The van der Waals surface area contributed by atoms with E-state index in [1.54, 1.807) is 24.1 Å². The van der Waals surface area contributed by atoms with E-state index in [-0.39, 0.29) is 29.7 Å². The number of aryl methyl sites for hydroxylation is 1. The summed E-state index contributed by atoms with van der Waals surface area (Å²) in [6.07, 6.45) is 4.20. The number of rotatable bonds is 8. The van der Waals surface area contributed by atoms with Crippen LogP contribution in [0.3, 0.4) is 0 Å². The zero-order valence-electron chi connectivity index (χ0n) is 21.6. The second-order valence-corrected chi connectivity index (χ2v) is 9.71. The Bertz CT molecular complexity index is 1170. The molecular weight excluding hydrogens is 452 g/mol. The Labute approximate surface area is 213 Å². The fraction of sp³-hybridized carbons (Fsp3) is 0.414. The fourth-order valence-electron chi connectivity index (χ4n) is 5.18. The van der Waals surface area contributed by atoms with Crippen LogP contribution in [0, 0.1) is 5.92 Å². The number of carbonyl (C=O) groups is 2. The first-order chi connectivity index (χ1) is 17.4. The van der Waals surface area contributed by atoms with Crippen LogP contribution in [0.1, 0.15) is 47.3 Å². The van der Waals surface area contributed by atoms with Crippen molar-refractivity contribution in [2.75, 3.05) is 27.2 Å². The lowest BCUT2D eigenvalue weighted by Gasteiger charge is -2.40. The molecule has 7 heteroatoms. The molecule has 0 saturated carbocycles. The van der Waals surface area contributed by atoms with Crippen LogP contribution >= 0.6 is 0 Å². The molecule has 1 aromatic heterocycles. The monoisotopic (exact) mass is 488 g/mol. The first-order valence-electron chi connectivity index (χ1n) is 12.6. The number of carbonyl (C=O) groups excluding carboxylic acids is 2. The standard InChI is InChI=1S/C29H36N4O3/c1-21(23-10-6-5-7-11-23)28(34)33-17-13-24(14-18-33)27(20-22-9-8-12-25(19-22)36-4)32(3)29(35)26-15-16-31(2)30-26/h5-12,15-16,19,21,24,27H,13-14,17-18,20H2,1-4H3/t21-,27+/m1/s1. The number of hydrogen-bond donors (Lipinski definition) is 0. The molecule has 1 fully saturated rings. The van der Waals surface area contributed by atoms with Gasteiger partial charge in [-0.1, -0.05) is 42.5 Å². The van der Waals surface area contributed by atoms with Gasteiger partial charge < -0.3 is 14.5 Å². The molecule has 2 aromatic carbocycles. The van der Waals surface area contributed by atoms with Gasteiger partial charge >= 0.3 is 0 Å². The second-order valence-electron chi connectivity index (χ2n) is 9.71. The molecule has 3 aromatic rings. The van der Waals surface area contributed by atoms with Crippen molar-refractivity contribution in [3.8, 4) is 5.75 Å². The smallest absolute Gasteiger partial charge is 0.274 e. The highest BCUT2D eigenvalue weighted by molar-refractivity contribution is 5.92. The number of hydrogen-bond acceptors (Lipinski definition) is 4. The van der Waals surface area contributed by atoms with Gasteiger partial charge in [0.1, 0.15) is 11.4 Å². The van der Waals surface area contributed by atoms with Gasteiger partial charge in [0.25, 0.3) is 5.91 Å². The van der Waals surface area contributed by atoms with Crippen molar-refractivity contribution in [3.63, 3.8) is 0 Å². The third-order valence-corrected chi connectivity index (χ3v) is 7.39. The quantitative estimate of drug-likeness (QED) is 0.478. The minimum atomic E-state index is -0.163. The van der Waals surface area contributed by atoms with Crippen LogP contribution in [0.5, 0.6) is 5.75 Å². The first-order valence-corrected chi connectivity index (χ1v) is 12.6. The fourth-order valence-corrected chi connectivity index (χ4v) is 5.18. The highest BCUT2D eigenvalue weighted by atomic mass is 16.5. The number of ether oxygens (including phenoxy) is 1. The Kier molecular flexibility index (Phi) is 8.08. The summed E-state index contributed by atoms with van der Waals surface area (Å²) >= 11 is 0. The van der Waals surface area contributed by atoms with E-state index in [1.165, 1.54) is 0 Å².